The van der Waals surface area contributed by atoms with Crippen molar-refractivity contribution in [3.63, 3.8) is 0 Å². The summed E-state index contributed by atoms with van der Waals surface area (Å²) in [6.45, 7) is 15.2. The first kappa shape index (κ1) is 29.0. The van der Waals surface area contributed by atoms with Crippen molar-refractivity contribution in [3.05, 3.63) is 89.6 Å². The lowest BCUT2D eigenvalue weighted by atomic mass is 10.0. The fraction of sp³-hybridized carbons (Fsp3) is 0.364. The largest absolute Gasteiger partial charge is 0.342 e. The molecule has 0 spiro atoms. The number of nitrogens with zero attached hydrogens (tertiary/aromatic N) is 4. The van der Waals surface area contributed by atoms with Crippen molar-refractivity contribution in [1.82, 2.24) is 24.9 Å². The van der Waals surface area contributed by atoms with Gasteiger partial charge in [0.2, 0.25) is 5.91 Å². The van der Waals surface area contributed by atoms with Gasteiger partial charge >= 0.3 is 0 Å². The van der Waals surface area contributed by atoms with E-state index in [1.165, 1.54) is 5.56 Å². The Morgan fingerprint density at radius 3 is 2.33 bits per heavy atom. The van der Waals surface area contributed by atoms with Gasteiger partial charge in [-0.3, -0.25) is 19.6 Å². The lowest BCUT2D eigenvalue weighted by molar-refractivity contribution is -0.131. The molecular weight excluding hydrogens is 498 g/mol. The molecule has 7 nitrogen and oxygen atoms in total. The molecule has 0 aliphatic carbocycles. The van der Waals surface area contributed by atoms with E-state index in [-0.39, 0.29) is 11.8 Å². The molecule has 2 aromatic carbocycles. The first-order valence-corrected chi connectivity index (χ1v) is 14.4. The van der Waals surface area contributed by atoms with Crippen molar-refractivity contribution in [3.8, 4) is 11.3 Å². The molecule has 7 heteroatoms. The zero-order valence-electron chi connectivity index (χ0n) is 24.0. The number of carbonyl (C=O) groups is 2. The number of aryl methyl sites for hydroxylation is 1. The lowest BCUT2D eigenvalue weighted by Crippen LogP contribution is -2.51. The summed E-state index contributed by atoms with van der Waals surface area (Å²) >= 11 is 0. The summed E-state index contributed by atoms with van der Waals surface area (Å²) in [5, 5.41) is 7.52. The molecule has 0 radical (unpaired) electrons. The molecule has 1 N–H and O–H groups in total. The van der Waals surface area contributed by atoms with E-state index in [0.717, 1.165) is 67.1 Å². The van der Waals surface area contributed by atoms with Gasteiger partial charge < -0.3 is 9.80 Å². The number of likely N-dealkylation sites (tertiary alicyclic amines) is 1. The normalized spacial score (nSPS) is 15.7. The second-order valence-corrected chi connectivity index (χ2v) is 10.1. The van der Waals surface area contributed by atoms with Gasteiger partial charge in [0.1, 0.15) is 0 Å². The molecule has 3 heterocycles. The van der Waals surface area contributed by atoms with Crippen molar-refractivity contribution >= 4 is 23.5 Å². The van der Waals surface area contributed by atoms with Crippen molar-refractivity contribution in [2.45, 2.75) is 33.6 Å². The minimum absolute atomic E-state index is 0.0191. The first-order valence-electron chi connectivity index (χ1n) is 14.4. The number of aromatic amines is 1. The Hall–Kier alpha value is -3.97. The van der Waals surface area contributed by atoms with Crippen LogP contribution in [0.25, 0.3) is 22.9 Å². The van der Waals surface area contributed by atoms with Crippen LogP contribution in [0.1, 0.15) is 53.9 Å². The van der Waals surface area contributed by atoms with E-state index in [4.69, 9.17) is 0 Å². The number of rotatable bonds is 7. The molecule has 5 rings (SSSR count). The van der Waals surface area contributed by atoms with Crippen LogP contribution in [0.2, 0.25) is 0 Å². The van der Waals surface area contributed by atoms with Crippen LogP contribution >= 0.6 is 0 Å². The zero-order chi connectivity index (χ0) is 28.5. The standard InChI is InChI=1S/C31H35N5O2.C2H6/c1-23(12-13-27-21-29(33-32-27)28-11-4-3-8-24(28)2)25-9-7-10-26(20-25)31(38)36-18-16-34(17-19-36)22-30(37)35-14-5-6-15-35;1-2/h3-4,7-13,20-21H,1,5-6,14-19,22H2,2H3,(H,32,33);1-2H3/b13-12-;. The van der Waals surface area contributed by atoms with Crippen molar-refractivity contribution in [1.29, 1.82) is 0 Å². The Morgan fingerprint density at radius 2 is 1.60 bits per heavy atom. The van der Waals surface area contributed by atoms with Gasteiger partial charge in [0.05, 0.1) is 17.9 Å². The number of H-pyrrole nitrogens is 1. The maximum atomic E-state index is 13.2. The molecule has 40 heavy (non-hydrogen) atoms. The Labute approximate surface area is 238 Å². The molecule has 0 saturated carbocycles. The quantitative estimate of drug-likeness (QED) is 0.402. The van der Waals surface area contributed by atoms with Crippen LogP contribution in [-0.2, 0) is 4.79 Å². The van der Waals surface area contributed by atoms with Crippen molar-refractivity contribution in [2.75, 3.05) is 45.8 Å². The number of amides is 2. The number of allylic oxidation sites excluding steroid dienone is 2. The molecule has 2 aliphatic heterocycles. The highest BCUT2D eigenvalue weighted by Crippen LogP contribution is 2.23. The molecule has 210 valence electrons. The van der Waals surface area contributed by atoms with E-state index in [0.29, 0.717) is 25.2 Å². The highest BCUT2D eigenvalue weighted by atomic mass is 16.2. The minimum Gasteiger partial charge on any atom is -0.342 e. The van der Waals surface area contributed by atoms with E-state index < -0.39 is 0 Å². The summed E-state index contributed by atoms with van der Waals surface area (Å²) in [5.41, 5.74) is 6.45. The molecule has 1 aromatic heterocycles. The fourth-order valence-corrected chi connectivity index (χ4v) is 5.11. The van der Waals surface area contributed by atoms with Crippen LogP contribution in [-0.4, -0.2) is 82.5 Å². The monoisotopic (exact) mass is 539 g/mol. The predicted octanol–water partition coefficient (Wildman–Crippen LogP) is 5.52. The number of hydrogen-bond acceptors (Lipinski definition) is 4. The highest BCUT2D eigenvalue weighted by Gasteiger charge is 2.26. The molecule has 2 aliphatic rings. The topological polar surface area (TPSA) is 72.5 Å². The predicted molar refractivity (Wildman–Crippen MR) is 163 cm³/mol. The number of nitrogens with one attached hydrogen (secondary N) is 1. The third-order valence-electron chi connectivity index (χ3n) is 7.44. The Kier molecular flexibility index (Phi) is 10.1. The van der Waals surface area contributed by atoms with Gasteiger partial charge in [-0.2, -0.15) is 5.10 Å². The van der Waals surface area contributed by atoms with Gasteiger partial charge in [0, 0.05) is 50.4 Å². The zero-order valence-corrected chi connectivity index (χ0v) is 24.0. The van der Waals surface area contributed by atoms with Gasteiger partial charge in [-0.15, -0.1) is 0 Å². The average Bonchev–Trinajstić information content (AvgIpc) is 3.71. The maximum Gasteiger partial charge on any atom is 0.253 e. The molecule has 2 saturated heterocycles. The summed E-state index contributed by atoms with van der Waals surface area (Å²) < 4.78 is 0. The second-order valence-electron chi connectivity index (χ2n) is 10.1. The van der Waals surface area contributed by atoms with Gasteiger partial charge in [0.25, 0.3) is 5.91 Å². The van der Waals surface area contributed by atoms with Gasteiger partial charge in [-0.05, 0) is 60.7 Å². The number of piperazine rings is 1. The SMILES string of the molecule is C=C(/C=C\c1cc(-c2ccccc2C)n[nH]1)c1cccc(C(=O)N2CCN(CC(=O)N3CCCC3)CC2)c1.CC. The highest BCUT2D eigenvalue weighted by molar-refractivity contribution is 5.95. The average molecular weight is 540 g/mol. The van der Waals surface area contributed by atoms with Crippen LogP contribution in [0.15, 0.2) is 67.3 Å². The van der Waals surface area contributed by atoms with Gasteiger partial charge in [-0.25, -0.2) is 0 Å². The number of benzene rings is 2. The Bertz CT molecular complexity index is 1340. The molecule has 2 fully saturated rings. The summed E-state index contributed by atoms with van der Waals surface area (Å²) in [4.78, 5) is 31.7. The summed E-state index contributed by atoms with van der Waals surface area (Å²) in [5.74, 6) is 0.230. The first-order chi connectivity index (χ1) is 19.5. The van der Waals surface area contributed by atoms with Gasteiger partial charge in [0.15, 0.2) is 0 Å². The van der Waals surface area contributed by atoms with Crippen LogP contribution < -0.4 is 0 Å². The van der Waals surface area contributed by atoms with Crippen LogP contribution in [0.3, 0.4) is 0 Å². The fourth-order valence-electron chi connectivity index (χ4n) is 5.11. The van der Waals surface area contributed by atoms with Crippen LogP contribution in [0, 0.1) is 6.92 Å². The molecule has 0 atom stereocenters. The number of carbonyl (C=O) groups excluding carboxylic acids is 2. The Balaban J connectivity index is 0.00000181. The van der Waals surface area contributed by atoms with Gasteiger partial charge in [-0.1, -0.05) is 62.9 Å². The van der Waals surface area contributed by atoms with E-state index in [1.807, 2.05) is 78.3 Å². The van der Waals surface area contributed by atoms with Crippen LogP contribution in [0.4, 0.5) is 0 Å². The van der Waals surface area contributed by atoms with E-state index in [9.17, 15) is 9.59 Å². The second kappa shape index (κ2) is 13.9. The molecule has 0 bridgehead atoms. The number of hydrogen-bond donors (Lipinski definition) is 1. The van der Waals surface area contributed by atoms with E-state index >= 15 is 0 Å². The third-order valence-corrected chi connectivity index (χ3v) is 7.44. The van der Waals surface area contributed by atoms with E-state index in [1.54, 1.807) is 0 Å². The minimum atomic E-state index is 0.0191. The van der Waals surface area contributed by atoms with Crippen LogP contribution in [0.5, 0.6) is 0 Å². The van der Waals surface area contributed by atoms with E-state index in [2.05, 4.69) is 40.7 Å². The maximum absolute atomic E-state index is 13.2. The molecule has 0 unspecified atom stereocenters. The Morgan fingerprint density at radius 1 is 0.900 bits per heavy atom. The smallest absolute Gasteiger partial charge is 0.253 e. The molecular formula is C33H41N5O2. The summed E-state index contributed by atoms with van der Waals surface area (Å²) in [7, 11) is 0. The third kappa shape index (κ3) is 7.16. The summed E-state index contributed by atoms with van der Waals surface area (Å²) in [6.07, 6.45) is 6.10. The lowest BCUT2D eigenvalue weighted by Gasteiger charge is -2.35. The van der Waals surface area contributed by atoms with Crippen molar-refractivity contribution < 1.29 is 9.59 Å². The number of aromatic nitrogens is 2. The summed E-state index contributed by atoms with van der Waals surface area (Å²) in [6, 6.07) is 17.8. The molecule has 2 amide bonds. The molecule has 3 aromatic rings. The van der Waals surface area contributed by atoms with Crippen molar-refractivity contribution in [2.24, 2.45) is 0 Å².